The number of rotatable bonds is 6. The molecule has 1 atom stereocenters. The Hall–Kier alpha value is -2.00. The summed E-state index contributed by atoms with van der Waals surface area (Å²) in [7, 11) is 0. The van der Waals surface area contributed by atoms with Crippen molar-refractivity contribution in [3.63, 3.8) is 0 Å². The molecule has 0 aliphatic rings. The molecule has 5 nitrogen and oxygen atoms in total. The Labute approximate surface area is 113 Å². The zero-order chi connectivity index (χ0) is 14.3. The summed E-state index contributed by atoms with van der Waals surface area (Å²) < 4.78 is 4.88. The van der Waals surface area contributed by atoms with Crippen molar-refractivity contribution in [2.45, 2.75) is 39.7 Å². The van der Waals surface area contributed by atoms with E-state index in [2.05, 4.69) is 10.0 Å². The van der Waals surface area contributed by atoms with Gasteiger partial charge in [0.25, 0.3) is 0 Å². The van der Waals surface area contributed by atoms with Crippen LogP contribution in [0.4, 0.5) is 0 Å². The second-order valence-electron chi connectivity index (χ2n) is 4.42. The molecular weight excluding hydrogens is 242 g/mol. The first-order valence-corrected chi connectivity index (χ1v) is 6.35. The Morgan fingerprint density at radius 3 is 2.79 bits per heavy atom. The van der Waals surface area contributed by atoms with E-state index in [1.54, 1.807) is 6.92 Å². The van der Waals surface area contributed by atoms with Gasteiger partial charge in [0.15, 0.2) is 0 Å². The molecule has 0 aliphatic heterocycles. The summed E-state index contributed by atoms with van der Waals surface area (Å²) in [5.74, 6) is -0.259. The number of carbonyl (C=O) groups is 1. The van der Waals surface area contributed by atoms with Crippen LogP contribution in [0.25, 0.3) is 10.4 Å². The maximum Gasteiger partial charge on any atom is 0.305 e. The molecule has 0 bridgehead atoms. The molecule has 5 heteroatoms. The van der Waals surface area contributed by atoms with Gasteiger partial charge in [-0.2, -0.15) is 0 Å². The molecule has 0 saturated heterocycles. The molecule has 0 saturated carbocycles. The van der Waals surface area contributed by atoms with Crippen LogP contribution >= 0.6 is 0 Å². The number of azide groups is 1. The van der Waals surface area contributed by atoms with Crippen LogP contribution in [0, 0.1) is 13.8 Å². The van der Waals surface area contributed by atoms with E-state index < -0.39 is 0 Å². The van der Waals surface area contributed by atoms with Crippen molar-refractivity contribution in [2.75, 3.05) is 6.61 Å². The lowest BCUT2D eigenvalue weighted by Crippen LogP contribution is -2.07. The number of hydrogen-bond acceptors (Lipinski definition) is 3. The lowest BCUT2D eigenvalue weighted by molar-refractivity contribution is -0.143. The van der Waals surface area contributed by atoms with Crippen molar-refractivity contribution in [2.24, 2.45) is 5.11 Å². The first-order valence-electron chi connectivity index (χ1n) is 6.35. The van der Waals surface area contributed by atoms with Crippen molar-refractivity contribution in [3.05, 3.63) is 45.3 Å². The largest absolute Gasteiger partial charge is 0.466 e. The summed E-state index contributed by atoms with van der Waals surface area (Å²) in [5, 5.41) is 3.79. The van der Waals surface area contributed by atoms with E-state index in [-0.39, 0.29) is 18.4 Å². The first kappa shape index (κ1) is 15.1. The number of benzene rings is 1. The lowest BCUT2D eigenvalue weighted by atomic mass is 9.96. The number of nitrogens with zero attached hydrogens (tertiary/aromatic N) is 3. The van der Waals surface area contributed by atoms with Gasteiger partial charge in [-0.25, -0.2) is 0 Å². The zero-order valence-corrected chi connectivity index (χ0v) is 11.6. The van der Waals surface area contributed by atoms with Crippen molar-refractivity contribution < 1.29 is 9.53 Å². The predicted molar refractivity (Wildman–Crippen MR) is 73.7 cm³/mol. The van der Waals surface area contributed by atoms with Crippen LogP contribution in [-0.4, -0.2) is 12.6 Å². The smallest absolute Gasteiger partial charge is 0.305 e. The fourth-order valence-corrected chi connectivity index (χ4v) is 2.03. The molecule has 1 unspecified atom stereocenters. The zero-order valence-electron chi connectivity index (χ0n) is 11.6. The minimum Gasteiger partial charge on any atom is -0.466 e. The highest BCUT2D eigenvalue weighted by Gasteiger charge is 2.14. The van der Waals surface area contributed by atoms with E-state index in [0.717, 1.165) is 16.7 Å². The van der Waals surface area contributed by atoms with Gasteiger partial charge in [-0.05, 0) is 43.9 Å². The van der Waals surface area contributed by atoms with Gasteiger partial charge in [0.2, 0.25) is 0 Å². The minimum atomic E-state index is -0.324. The van der Waals surface area contributed by atoms with Gasteiger partial charge in [-0.15, -0.1) is 0 Å². The van der Waals surface area contributed by atoms with E-state index in [9.17, 15) is 4.79 Å². The maximum absolute atomic E-state index is 11.4. The average Bonchev–Trinajstić information content (AvgIpc) is 2.35. The van der Waals surface area contributed by atoms with Gasteiger partial charge >= 0.3 is 5.97 Å². The van der Waals surface area contributed by atoms with Gasteiger partial charge in [-0.1, -0.05) is 28.9 Å². The monoisotopic (exact) mass is 261 g/mol. The van der Waals surface area contributed by atoms with Gasteiger partial charge in [0.05, 0.1) is 12.6 Å². The van der Waals surface area contributed by atoms with Crippen LogP contribution in [0.3, 0.4) is 0 Å². The standard InChI is InChI=1S/C14H19N3O2/c1-4-19-14(18)8-7-13(16-17-15)12-6-5-10(2)9-11(12)3/h5-6,9,13H,4,7-8H2,1-3H3. The van der Waals surface area contributed by atoms with Crippen LogP contribution in [0.2, 0.25) is 0 Å². The third-order valence-corrected chi connectivity index (χ3v) is 2.90. The second-order valence-corrected chi connectivity index (χ2v) is 4.42. The van der Waals surface area contributed by atoms with E-state index in [4.69, 9.17) is 10.3 Å². The molecule has 1 aromatic rings. The first-order chi connectivity index (χ1) is 9.08. The summed E-state index contributed by atoms with van der Waals surface area (Å²) >= 11 is 0. The lowest BCUT2D eigenvalue weighted by Gasteiger charge is -2.14. The third-order valence-electron chi connectivity index (χ3n) is 2.90. The number of aryl methyl sites for hydroxylation is 2. The van der Waals surface area contributed by atoms with Crippen LogP contribution in [0.5, 0.6) is 0 Å². The van der Waals surface area contributed by atoms with Crippen molar-refractivity contribution in [3.8, 4) is 0 Å². The van der Waals surface area contributed by atoms with Crippen molar-refractivity contribution in [1.82, 2.24) is 0 Å². The fraction of sp³-hybridized carbons (Fsp3) is 0.500. The second kappa shape index (κ2) is 7.44. The summed E-state index contributed by atoms with van der Waals surface area (Å²) in [4.78, 5) is 14.2. The molecule has 1 rings (SSSR count). The molecule has 1 aromatic carbocycles. The normalized spacial score (nSPS) is 11.5. The molecule has 0 aliphatic carbocycles. The van der Waals surface area contributed by atoms with Gasteiger partial charge in [0, 0.05) is 11.3 Å². The summed E-state index contributed by atoms with van der Waals surface area (Å²) in [6, 6.07) is 5.65. The maximum atomic E-state index is 11.4. The molecule has 0 radical (unpaired) electrons. The van der Waals surface area contributed by atoms with Crippen molar-refractivity contribution >= 4 is 5.97 Å². The van der Waals surface area contributed by atoms with Gasteiger partial charge < -0.3 is 4.74 Å². The number of carbonyl (C=O) groups excluding carboxylic acids is 1. The molecular formula is C14H19N3O2. The topological polar surface area (TPSA) is 75.1 Å². The Morgan fingerprint density at radius 2 is 2.21 bits per heavy atom. The SMILES string of the molecule is CCOC(=O)CCC(N=[N+]=[N-])c1ccc(C)cc1C. The Balaban J connectivity index is 2.82. The Kier molecular flexibility index (Phi) is 5.90. The highest BCUT2D eigenvalue weighted by Crippen LogP contribution is 2.27. The Bertz CT molecular complexity index is 493. The summed E-state index contributed by atoms with van der Waals surface area (Å²) in [5.41, 5.74) is 11.8. The molecule has 0 aromatic heterocycles. The number of esters is 1. The highest BCUT2D eigenvalue weighted by molar-refractivity contribution is 5.69. The minimum absolute atomic E-state index is 0.255. The number of hydrogen-bond donors (Lipinski definition) is 0. The molecule has 0 heterocycles. The van der Waals surface area contributed by atoms with Gasteiger partial charge in [0.1, 0.15) is 0 Å². The molecule has 19 heavy (non-hydrogen) atoms. The molecule has 0 amide bonds. The quantitative estimate of drug-likeness (QED) is 0.336. The number of ether oxygens (including phenoxy) is 1. The predicted octanol–water partition coefficient (Wildman–Crippen LogP) is 4.00. The van der Waals surface area contributed by atoms with Crippen LogP contribution in [0.1, 0.15) is 42.5 Å². The van der Waals surface area contributed by atoms with Crippen molar-refractivity contribution in [1.29, 1.82) is 0 Å². The molecule has 0 fully saturated rings. The van der Waals surface area contributed by atoms with Gasteiger partial charge in [-0.3, -0.25) is 4.79 Å². The molecule has 0 N–H and O–H groups in total. The summed E-state index contributed by atoms with van der Waals surface area (Å²) in [6.07, 6.45) is 0.720. The van der Waals surface area contributed by atoms with Crippen LogP contribution in [-0.2, 0) is 9.53 Å². The Morgan fingerprint density at radius 1 is 1.47 bits per heavy atom. The summed E-state index contributed by atoms with van der Waals surface area (Å²) in [6.45, 7) is 6.13. The van der Waals surface area contributed by atoms with E-state index in [0.29, 0.717) is 13.0 Å². The average molecular weight is 261 g/mol. The molecule has 102 valence electrons. The molecule has 0 spiro atoms. The third kappa shape index (κ3) is 4.64. The van der Waals surface area contributed by atoms with Crippen LogP contribution in [0.15, 0.2) is 23.3 Å². The van der Waals surface area contributed by atoms with Crippen LogP contribution < -0.4 is 0 Å². The van der Waals surface area contributed by atoms with E-state index in [1.165, 1.54) is 0 Å². The highest BCUT2D eigenvalue weighted by atomic mass is 16.5. The van der Waals surface area contributed by atoms with E-state index in [1.807, 2.05) is 32.0 Å². The van der Waals surface area contributed by atoms with E-state index >= 15 is 0 Å². The fourth-order valence-electron chi connectivity index (χ4n) is 2.03.